The molecule has 106 valence electrons. The van der Waals surface area contributed by atoms with Crippen molar-refractivity contribution in [2.75, 3.05) is 19.6 Å². The quantitative estimate of drug-likeness (QED) is 0.892. The first-order chi connectivity index (χ1) is 9.08. The molecule has 1 aromatic rings. The number of hydrogen-bond donors (Lipinski definition) is 1. The second-order valence-corrected chi connectivity index (χ2v) is 5.98. The van der Waals surface area contributed by atoms with Crippen LogP contribution in [0.2, 0.25) is 5.02 Å². The highest BCUT2D eigenvalue weighted by Crippen LogP contribution is 2.20. The molecule has 1 aliphatic rings. The third kappa shape index (κ3) is 3.91. The van der Waals surface area contributed by atoms with E-state index in [1.165, 1.54) is 19.0 Å². The third-order valence-corrected chi connectivity index (χ3v) is 4.20. The van der Waals surface area contributed by atoms with E-state index in [-0.39, 0.29) is 5.82 Å². The second kappa shape index (κ2) is 6.69. The van der Waals surface area contributed by atoms with Gasteiger partial charge in [0.1, 0.15) is 5.82 Å². The molecule has 1 unspecified atom stereocenters. The lowest BCUT2D eigenvalue weighted by Gasteiger charge is -2.20. The van der Waals surface area contributed by atoms with Gasteiger partial charge in [-0.3, -0.25) is 0 Å². The summed E-state index contributed by atoms with van der Waals surface area (Å²) in [6, 6.07) is 5.45. The van der Waals surface area contributed by atoms with Gasteiger partial charge >= 0.3 is 0 Å². The molecular formula is C15H22ClFN2. The first-order valence-electron chi connectivity index (χ1n) is 6.95. The molecule has 0 bridgehead atoms. The molecule has 4 heteroatoms. The predicted octanol–water partition coefficient (Wildman–Crippen LogP) is 3.30. The van der Waals surface area contributed by atoms with Gasteiger partial charge in [-0.05, 0) is 51.4 Å². The van der Waals surface area contributed by atoms with Crippen molar-refractivity contribution >= 4 is 11.6 Å². The molecule has 0 saturated carbocycles. The summed E-state index contributed by atoms with van der Waals surface area (Å²) < 4.78 is 13.6. The van der Waals surface area contributed by atoms with Crippen molar-refractivity contribution in [3.63, 3.8) is 0 Å². The zero-order chi connectivity index (χ0) is 13.8. The van der Waals surface area contributed by atoms with Gasteiger partial charge < -0.3 is 10.2 Å². The number of benzene rings is 1. The molecule has 0 aromatic heterocycles. The van der Waals surface area contributed by atoms with Gasteiger partial charge in [-0.2, -0.15) is 0 Å². The average Bonchev–Trinajstić information content (AvgIpc) is 2.82. The molecule has 2 nitrogen and oxygen atoms in total. The monoisotopic (exact) mass is 284 g/mol. The van der Waals surface area contributed by atoms with Crippen molar-refractivity contribution in [2.45, 2.75) is 32.9 Å². The van der Waals surface area contributed by atoms with Gasteiger partial charge in [0.15, 0.2) is 0 Å². The normalized spacial score (nSPS) is 20.4. The van der Waals surface area contributed by atoms with Crippen molar-refractivity contribution < 1.29 is 4.39 Å². The van der Waals surface area contributed by atoms with Crippen LogP contribution in [0, 0.1) is 11.7 Å². The summed E-state index contributed by atoms with van der Waals surface area (Å²) in [6.45, 7) is 8.20. The zero-order valence-electron chi connectivity index (χ0n) is 11.6. The fourth-order valence-electron chi connectivity index (χ4n) is 2.60. The molecule has 1 heterocycles. The molecule has 19 heavy (non-hydrogen) atoms. The van der Waals surface area contributed by atoms with E-state index in [0.717, 1.165) is 13.1 Å². The van der Waals surface area contributed by atoms with E-state index in [9.17, 15) is 4.39 Å². The van der Waals surface area contributed by atoms with Crippen LogP contribution < -0.4 is 5.32 Å². The van der Waals surface area contributed by atoms with Gasteiger partial charge in [0, 0.05) is 29.7 Å². The minimum absolute atomic E-state index is 0.227. The van der Waals surface area contributed by atoms with Crippen LogP contribution in [0.5, 0.6) is 0 Å². The Hall–Kier alpha value is -0.640. The number of halogens is 2. The van der Waals surface area contributed by atoms with E-state index in [4.69, 9.17) is 11.6 Å². The Labute approximate surface area is 119 Å². The van der Waals surface area contributed by atoms with E-state index in [1.54, 1.807) is 12.1 Å². The van der Waals surface area contributed by atoms with Crippen molar-refractivity contribution in [3.8, 4) is 0 Å². The van der Waals surface area contributed by atoms with Crippen molar-refractivity contribution in [3.05, 3.63) is 34.6 Å². The van der Waals surface area contributed by atoms with E-state index < -0.39 is 0 Å². The number of nitrogens with zero attached hydrogens (tertiary/aromatic N) is 1. The highest BCUT2D eigenvalue weighted by Gasteiger charge is 2.23. The predicted molar refractivity (Wildman–Crippen MR) is 77.9 cm³/mol. The fourth-order valence-corrected chi connectivity index (χ4v) is 2.83. The molecule has 1 saturated heterocycles. The van der Waals surface area contributed by atoms with Crippen LogP contribution in [0.15, 0.2) is 18.2 Å². The smallest absolute Gasteiger partial charge is 0.129 e. The zero-order valence-corrected chi connectivity index (χ0v) is 12.4. The molecule has 0 spiro atoms. The molecule has 0 amide bonds. The van der Waals surface area contributed by atoms with E-state index in [2.05, 4.69) is 24.1 Å². The Morgan fingerprint density at radius 3 is 2.89 bits per heavy atom. The minimum atomic E-state index is -0.227. The highest BCUT2D eigenvalue weighted by molar-refractivity contribution is 6.31. The largest absolute Gasteiger partial charge is 0.312 e. The molecule has 1 fully saturated rings. The van der Waals surface area contributed by atoms with Crippen LogP contribution in [-0.2, 0) is 6.54 Å². The maximum absolute atomic E-state index is 13.6. The summed E-state index contributed by atoms with van der Waals surface area (Å²) in [5.74, 6) is 0.433. The molecule has 1 N–H and O–H groups in total. The Bertz CT molecular complexity index is 402. The van der Waals surface area contributed by atoms with Crippen LogP contribution in [0.4, 0.5) is 4.39 Å². The minimum Gasteiger partial charge on any atom is -0.312 e. The van der Waals surface area contributed by atoms with E-state index >= 15 is 0 Å². The third-order valence-electron chi connectivity index (χ3n) is 3.84. The van der Waals surface area contributed by atoms with Crippen molar-refractivity contribution in [1.82, 2.24) is 10.2 Å². The van der Waals surface area contributed by atoms with Crippen molar-refractivity contribution in [2.24, 2.45) is 5.92 Å². The van der Waals surface area contributed by atoms with Gasteiger partial charge in [0.2, 0.25) is 0 Å². The molecule has 1 aliphatic heterocycles. The second-order valence-electron chi connectivity index (χ2n) is 5.57. The standard InChI is InChI=1S/C15H22ClFN2/c1-11(2)19-7-6-12(10-19)8-18-9-13-14(16)4-3-5-15(13)17/h3-5,11-12,18H,6-10H2,1-2H3. The van der Waals surface area contributed by atoms with Gasteiger partial charge in [-0.25, -0.2) is 4.39 Å². The summed E-state index contributed by atoms with van der Waals surface area (Å²) in [6.07, 6.45) is 1.22. The van der Waals surface area contributed by atoms with Gasteiger partial charge in [0.25, 0.3) is 0 Å². The van der Waals surface area contributed by atoms with Crippen LogP contribution >= 0.6 is 11.6 Å². The fraction of sp³-hybridized carbons (Fsp3) is 0.600. The maximum Gasteiger partial charge on any atom is 0.129 e. The first-order valence-corrected chi connectivity index (χ1v) is 7.33. The molecule has 1 aromatic carbocycles. The first kappa shape index (κ1) is 14.8. The summed E-state index contributed by atoms with van der Waals surface area (Å²) in [5.41, 5.74) is 0.572. The molecular weight excluding hydrogens is 263 g/mol. The van der Waals surface area contributed by atoms with Gasteiger partial charge in [-0.15, -0.1) is 0 Å². The number of nitrogens with one attached hydrogen (secondary N) is 1. The van der Waals surface area contributed by atoms with Crippen LogP contribution in [0.1, 0.15) is 25.8 Å². The number of rotatable bonds is 5. The van der Waals surface area contributed by atoms with E-state index in [1.807, 2.05) is 0 Å². The number of likely N-dealkylation sites (tertiary alicyclic amines) is 1. The SMILES string of the molecule is CC(C)N1CCC(CNCc2c(F)cccc2Cl)C1. The lowest BCUT2D eigenvalue weighted by molar-refractivity contribution is 0.264. The lowest BCUT2D eigenvalue weighted by Crippen LogP contribution is -2.30. The Morgan fingerprint density at radius 1 is 1.47 bits per heavy atom. The summed E-state index contributed by atoms with van der Waals surface area (Å²) in [5, 5.41) is 3.84. The average molecular weight is 285 g/mol. The number of hydrogen-bond acceptors (Lipinski definition) is 2. The summed E-state index contributed by atoms with van der Waals surface area (Å²) in [4.78, 5) is 2.49. The maximum atomic E-state index is 13.6. The van der Waals surface area contributed by atoms with Crippen LogP contribution in [0.25, 0.3) is 0 Å². The Kier molecular flexibility index (Phi) is 5.20. The molecule has 0 aliphatic carbocycles. The molecule has 1 atom stereocenters. The van der Waals surface area contributed by atoms with Crippen LogP contribution in [0.3, 0.4) is 0 Å². The summed E-state index contributed by atoms with van der Waals surface area (Å²) in [7, 11) is 0. The summed E-state index contributed by atoms with van der Waals surface area (Å²) >= 11 is 6.00. The van der Waals surface area contributed by atoms with Gasteiger partial charge in [-0.1, -0.05) is 17.7 Å². The highest BCUT2D eigenvalue weighted by atomic mass is 35.5. The molecule has 2 rings (SSSR count). The van der Waals surface area contributed by atoms with Gasteiger partial charge in [0.05, 0.1) is 0 Å². The Morgan fingerprint density at radius 2 is 2.26 bits per heavy atom. The van der Waals surface area contributed by atoms with E-state index in [0.29, 0.717) is 29.1 Å². The topological polar surface area (TPSA) is 15.3 Å². The van der Waals surface area contributed by atoms with Crippen molar-refractivity contribution in [1.29, 1.82) is 0 Å². The Balaban J connectivity index is 1.78. The molecule has 0 radical (unpaired) electrons. The van der Waals surface area contributed by atoms with Crippen LogP contribution in [-0.4, -0.2) is 30.6 Å². The lowest BCUT2D eigenvalue weighted by atomic mass is 10.1.